The summed E-state index contributed by atoms with van der Waals surface area (Å²) in [5.74, 6) is 1.12. The van der Waals surface area contributed by atoms with Crippen LogP contribution in [0.4, 0.5) is 17.2 Å². The molecule has 1 N–H and O–H groups in total. The summed E-state index contributed by atoms with van der Waals surface area (Å²) in [5, 5.41) is 10.2. The van der Waals surface area contributed by atoms with E-state index in [0.29, 0.717) is 45.5 Å². The number of sulfonamides is 1. The van der Waals surface area contributed by atoms with E-state index in [0.717, 1.165) is 11.8 Å². The lowest BCUT2D eigenvalue weighted by Crippen LogP contribution is -2.13. The van der Waals surface area contributed by atoms with Gasteiger partial charge in [-0.25, -0.2) is 18.2 Å². The van der Waals surface area contributed by atoms with Gasteiger partial charge in [0.1, 0.15) is 16.9 Å². The van der Waals surface area contributed by atoms with Gasteiger partial charge < -0.3 is 4.90 Å². The topological polar surface area (TPSA) is 90.4 Å². The Morgan fingerprint density at radius 1 is 1.32 bits per heavy atom. The number of nitrogens with one attached hydrogen (secondary N) is 1. The van der Waals surface area contributed by atoms with Gasteiger partial charge in [0.25, 0.3) is 0 Å². The van der Waals surface area contributed by atoms with Crippen LogP contribution in [0.2, 0.25) is 0 Å². The van der Waals surface area contributed by atoms with Crippen molar-refractivity contribution in [3.05, 3.63) is 52.4 Å². The summed E-state index contributed by atoms with van der Waals surface area (Å²) in [5.41, 5.74) is 3.04. The Morgan fingerprint density at radius 2 is 1.96 bits per heavy atom. The van der Waals surface area contributed by atoms with E-state index in [1.54, 1.807) is 17.0 Å². The van der Waals surface area contributed by atoms with Gasteiger partial charge in [0.2, 0.25) is 15.7 Å². The second-order valence-corrected chi connectivity index (χ2v) is 8.99. The molecular formula is C19H21N5O2S2. The van der Waals surface area contributed by atoms with Crippen LogP contribution < -0.4 is 9.62 Å². The van der Waals surface area contributed by atoms with Crippen molar-refractivity contribution in [2.24, 2.45) is 0 Å². The first-order valence-corrected chi connectivity index (χ1v) is 11.3. The molecule has 0 aliphatic carbocycles. The molecule has 28 heavy (non-hydrogen) atoms. The first-order chi connectivity index (χ1) is 13.2. The Morgan fingerprint density at radius 3 is 2.43 bits per heavy atom. The number of hydrogen-bond acceptors (Lipinski definition) is 6. The van der Waals surface area contributed by atoms with Crippen molar-refractivity contribution in [2.75, 3.05) is 30.0 Å². The maximum Gasteiger partial charge on any atom is 0.232 e. The van der Waals surface area contributed by atoms with Crippen molar-refractivity contribution in [3.8, 4) is 6.07 Å². The molecule has 146 valence electrons. The molecule has 0 aliphatic rings. The summed E-state index contributed by atoms with van der Waals surface area (Å²) in [6.07, 6.45) is 1.68. The minimum atomic E-state index is -3.31. The molecule has 9 heteroatoms. The highest BCUT2D eigenvalue weighted by atomic mass is 32.2. The predicted molar refractivity (Wildman–Crippen MR) is 113 cm³/mol. The summed E-state index contributed by atoms with van der Waals surface area (Å²) in [7, 11) is 0.336. The molecule has 7 nitrogen and oxygen atoms in total. The zero-order valence-corrected chi connectivity index (χ0v) is 17.8. The fourth-order valence-corrected chi connectivity index (χ4v) is 4.14. The van der Waals surface area contributed by atoms with E-state index in [4.69, 9.17) is 6.57 Å². The molecule has 0 saturated carbocycles. The van der Waals surface area contributed by atoms with Gasteiger partial charge in [-0.05, 0) is 29.7 Å². The lowest BCUT2D eigenvalue weighted by molar-refractivity contribution is 0.607. The summed E-state index contributed by atoms with van der Waals surface area (Å²) in [6.45, 7) is 9.40. The van der Waals surface area contributed by atoms with Crippen LogP contribution in [0.25, 0.3) is 4.85 Å². The Bertz CT molecular complexity index is 1050. The van der Waals surface area contributed by atoms with E-state index in [1.165, 1.54) is 11.8 Å². The number of nitriles is 1. The molecule has 1 heterocycles. The number of anilines is 2. The van der Waals surface area contributed by atoms with E-state index in [9.17, 15) is 13.7 Å². The van der Waals surface area contributed by atoms with Gasteiger partial charge in [0, 0.05) is 25.5 Å². The summed E-state index contributed by atoms with van der Waals surface area (Å²) in [6, 6.07) is 9.25. The Labute approximate surface area is 170 Å². The molecule has 2 rings (SSSR count). The van der Waals surface area contributed by atoms with Crippen LogP contribution in [-0.4, -0.2) is 33.8 Å². The molecule has 0 saturated heterocycles. The standard InChI is InChI=1S/C19H21N5O2S2/c1-6-15-16(11-20)19(22-18(24(3)4)17(15)21-2)27-12-13-7-9-14(10-8-13)23-28(5,25)26/h7-10,23H,6,12H2,1,3-5H3. The highest BCUT2D eigenvalue weighted by Gasteiger charge is 2.20. The predicted octanol–water partition coefficient (Wildman–Crippen LogP) is 3.80. The second-order valence-electron chi connectivity index (χ2n) is 6.27. The van der Waals surface area contributed by atoms with E-state index >= 15 is 0 Å². The normalized spacial score (nSPS) is 10.8. The Hall–Kier alpha value is -2.75. The quantitative estimate of drug-likeness (QED) is 0.546. The summed E-state index contributed by atoms with van der Waals surface area (Å²) < 4.78 is 25.0. The van der Waals surface area contributed by atoms with E-state index in [-0.39, 0.29) is 0 Å². The average Bonchev–Trinajstić information content (AvgIpc) is 2.64. The van der Waals surface area contributed by atoms with Crippen LogP contribution in [0.5, 0.6) is 0 Å². The number of benzene rings is 1. The number of aromatic nitrogens is 1. The van der Waals surface area contributed by atoms with Crippen LogP contribution in [0.15, 0.2) is 29.3 Å². The summed E-state index contributed by atoms with van der Waals surface area (Å²) in [4.78, 5) is 9.94. The summed E-state index contributed by atoms with van der Waals surface area (Å²) >= 11 is 1.42. The van der Waals surface area contributed by atoms with Crippen LogP contribution >= 0.6 is 11.8 Å². The molecule has 0 unspecified atom stereocenters. The van der Waals surface area contributed by atoms with Crippen molar-refractivity contribution in [2.45, 2.75) is 24.1 Å². The highest BCUT2D eigenvalue weighted by molar-refractivity contribution is 7.98. The van der Waals surface area contributed by atoms with Crippen LogP contribution in [0.1, 0.15) is 23.6 Å². The van der Waals surface area contributed by atoms with E-state index in [2.05, 4.69) is 20.6 Å². The molecule has 0 spiro atoms. The Kier molecular flexibility index (Phi) is 6.90. The molecular weight excluding hydrogens is 394 g/mol. The lowest BCUT2D eigenvalue weighted by Gasteiger charge is -2.18. The SMILES string of the molecule is [C-]#[N+]c1c(N(C)C)nc(SCc2ccc(NS(C)(=O)=O)cc2)c(C#N)c1CC. The molecule has 2 aromatic rings. The van der Waals surface area contributed by atoms with Gasteiger partial charge in [-0.3, -0.25) is 4.72 Å². The van der Waals surface area contributed by atoms with Gasteiger partial charge in [-0.2, -0.15) is 5.26 Å². The maximum absolute atomic E-state index is 11.3. The monoisotopic (exact) mass is 415 g/mol. The number of rotatable bonds is 7. The van der Waals surface area contributed by atoms with Crippen LogP contribution in [0, 0.1) is 17.9 Å². The van der Waals surface area contributed by atoms with Crippen molar-refractivity contribution in [3.63, 3.8) is 0 Å². The van der Waals surface area contributed by atoms with Gasteiger partial charge in [0.05, 0.1) is 18.4 Å². The number of thioether (sulfide) groups is 1. The van der Waals surface area contributed by atoms with Gasteiger partial charge in [0.15, 0.2) is 0 Å². The maximum atomic E-state index is 11.3. The third-order valence-corrected chi connectivity index (χ3v) is 5.51. The second kappa shape index (κ2) is 8.96. The largest absolute Gasteiger partial charge is 0.371 e. The van der Waals surface area contributed by atoms with Crippen molar-refractivity contribution < 1.29 is 8.42 Å². The van der Waals surface area contributed by atoms with Crippen molar-refractivity contribution >= 4 is 39.0 Å². The fraction of sp³-hybridized carbons (Fsp3) is 0.316. The molecule has 0 fully saturated rings. The lowest BCUT2D eigenvalue weighted by atomic mass is 10.1. The molecule has 1 aromatic carbocycles. The molecule has 0 amide bonds. The molecule has 0 atom stereocenters. The minimum absolute atomic E-state index is 0.421. The molecule has 1 aromatic heterocycles. The molecule has 0 radical (unpaired) electrons. The fourth-order valence-electron chi connectivity index (χ4n) is 2.62. The number of nitrogens with zero attached hydrogens (tertiary/aromatic N) is 4. The number of hydrogen-bond donors (Lipinski definition) is 1. The third kappa shape index (κ3) is 5.16. The van der Waals surface area contributed by atoms with Crippen molar-refractivity contribution in [1.82, 2.24) is 4.98 Å². The van der Waals surface area contributed by atoms with Crippen LogP contribution in [-0.2, 0) is 22.2 Å². The van der Waals surface area contributed by atoms with Gasteiger partial charge in [-0.1, -0.05) is 19.1 Å². The smallest absolute Gasteiger partial charge is 0.232 e. The van der Waals surface area contributed by atoms with Gasteiger partial charge >= 0.3 is 0 Å². The molecule has 0 aliphatic heterocycles. The highest BCUT2D eigenvalue weighted by Crippen LogP contribution is 2.38. The Balaban J connectivity index is 2.32. The zero-order chi connectivity index (χ0) is 20.9. The first kappa shape index (κ1) is 21.5. The number of pyridine rings is 1. The first-order valence-electron chi connectivity index (χ1n) is 8.41. The third-order valence-electron chi connectivity index (χ3n) is 3.85. The van der Waals surface area contributed by atoms with Crippen LogP contribution in [0.3, 0.4) is 0 Å². The molecule has 0 bridgehead atoms. The van der Waals surface area contributed by atoms with E-state index < -0.39 is 10.0 Å². The van der Waals surface area contributed by atoms with Crippen molar-refractivity contribution in [1.29, 1.82) is 5.26 Å². The van der Waals surface area contributed by atoms with E-state index in [1.807, 2.05) is 33.2 Å². The van der Waals surface area contributed by atoms with Gasteiger partial charge in [-0.15, -0.1) is 11.8 Å². The average molecular weight is 416 g/mol. The zero-order valence-electron chi connectivity index (χ0n) is 16.1. The minimum Gasteiger partial charge on any atom is -0.371 e.